The second-order valence-corrected chi connectivity index (χ2v) is 4.84. The highest BCUT2D eigenvalue weighted by molar-refractivity contribution is 7.09. The number of hydrogen-bond donors (Lipinski definition) is 1. The summed E-state index contributed by atoms with van der Waals surface area (Å²) in [6.07, 6.45) is 2.70. The van der Waals surface area contributed by atoms with Crippen molar-refractivity contribution in [2.75, 3.05) is 13.2 Å². The molecule has 1 aliphatic rings. The van der Waals surface area contributed by atoms with Crippen molar-refractivity contribution >= 4 is 11.3 Å². The van der Waals surface area contributed by atoms with Crippen molar-refractivity contribution in [1.29, 1.82) is 0 Å². The average molecular weight is 212 g/mol. The van der Waals surface area contributed by atoms with Crippen LogP contribution in [0.3, 0.4) is 0 Å². The molecule has 0 radical (unpaired) electrons. The lowest BCUT2D eigenvalue weighted by Gasteiger charge is -2.15. The first-order chi connectivity index (χ1) is 6.86. The highest BCUT2D eigenvalue weighted by Crippen LogP contribution is 2.21. The van der Waals surface area contributed by atoms with Crippen molar-refractivity contribution in [1.82, 2.24) is 0 Å². The van der Waals surface area contributed by atoms with Crippen molar-refractivity contribution in [2.24, 2.45) is 5.92 Å². The molecule has 0 amide bonds. The molecule has 1 fully saturated rings. The molecule has 0 saturated carbocycles. The Bertz CT molecular complexity index is 252. The minimum atomic E-state index is -0.181. The van der Waals surface area contributed by atoms with Gasteiger partial charge in [-0.15, -0.1) is 11.3 Å². The maximum absolute atomic E-state index is 9.87. The molecule has 2 rings (SSSR count). The quantitative estimate of drug-likeness (QED) is 0.828. The van der Waals surface area contributed by atoms with E-state index in [2.05, 4.69) is 17.5 Å². The highest BCUT2D eigenvalue weighted by atomic mass is 32.1. The molecule has 1 aromatic heterocycles. The number of thiophene rings is 1. The van der Waals surface area contributed by atoms with Gasteiger partial charge in [0.15, 0.2) is 0 Å². The van der Waals surface area contributed by atoms with Gasteiger partial charge in [0.05, 0.1) is 12.7 Å². The van der Waals surface area contributed by atoms with E-state index in [0.29, 0.717) is 5.92 Å². The van der Waals surface area contributed by atoms with Gasteiger partial charge in [-0.25, -0.2) is 0 Å². The largest absolute Gasteiger partial charge is 0.393 e. The summed E-state index contributed by atoms with van der Waals surface area (Å²) in [5, 5.41) is 12.0. The Balaban J connectivity index is 1.74. The van der Waals surface area contributed by atoms with E-state index in [1.54, 1.807) is 11.3 Å². The van der Waals surface area contributed by atoms with Crippen LogP contribution in [0.25, 0.3) is 0 Å². The van der Waals surface area contributed by atoms with Crippen molar-refractivity contribution in [3.63, 3.8) is 0 Å². The molecule has 0 spiro atoms. The van der Waals surface area contributed by atoms with Gasteiger partial charge in [0.1, 0.15) is 0 Å². The molecule has 1 aliphatic heterocycles. The highest BCUT2D eigenvalue weighted by Gasteiger charge is 2.23. The Morgan fingerprint density at radius 2 is 2.57 bits per heavy atom. The summed E-state index contributed by atoms with van der Waals surface area (Å²) in [5.41, 5.74) is 0. The fraction of sp³-hybridized carbons (Fsp3) is 0.636. The summed E-state index contributed by atoms with van der Waals surface area (Å²) in [7, 11) is 0. The third kappa shape index (κ3) is 2.56. The van der Waals surface area contributed by atoms with E-state index in [1.807, 2.05) is 0 Å². The summed E-state index contributed by atoms with van der Waals surface area (Å²) >= 11 is 1.77. The minimum absolute atomic E-state index is 0.181. The van der Waals surface area contributed by atoms with E-state index in [0.717, 1.165) is 32.5 Å². The van der Waals surface area contributed by atoms with Crippen LogP contribution in [-0.2, 0) is 11.2 Å². The molecule has 1 saturated heterocycles. The van der Waals surface area contributed by atoms with Gasteiger partial charge in [-0.2, -0.15) is 0 Å². The molecule has 2 nitrogen and oxygen atoms in total. The lowest BCUT2D eigenvalue weighted by Crippen LogP contribution is -2.20. The molecule has 1 N–H and O–H groups in total. The van der Waals surface area contributed by atoms with Crippen LogP contribution in [0.1, 0.15) is 17.7 Å². The van der Waals surface area contributed by atoms with Gasteiger partial charge < -0.3 is 9.84 Å². The lowest BCUT2D eigenvalue weighted by molar-refractivity contribution is 0.0852. The average Bonchev–Trinajstić information content (AvgIpc) is 2.87. The van der Waals surface area contributed by atoms with Gasteiger partial charge in [0.2, 0.25) is 0 Å². The first kappa shape index (κ1) is 10.1. The van der Waals surface area contributed by atoms with Crippen LogP contribution in [0.4, 0.5) is 0 Å². The fourth-order valence-corrected chi connectivity index (χ4v) is 2.56. The van der Waals surface area contributed by atoms with Crippen LogP contribution in [-0.4, -0.2) is 24.4 Å². The predicted octanol–water partition coefficient (Wildman–Crippen LogP) is 2.08. The molecule has 2 heterocycles. The maximum Gasteiger partial charge on any atom is 0.0594 e. The Morgan fingerprint density at radius 3 is 3.21 bits per heavy atom. The summed E-state index contributed by atoms with van der Waals surface area (Å²) in [6.45, 7) is 1.56. The van der Waals surface area contributed by atoms with Gasteiger partial charge in [0.25, 0.3) is 0 Å². The smallest absolute Gasteiger partial charge is 0.0594 e. The number of aliphatic hydroxyl groups excluding tert-OH is 1. The lowest BCUT2D eigenvalue weighted by atomic mass is 9.97. The molecule has 0 bridgehead atoms. The normalized spacial score (nSPS) is 23.9. The number of ether oxygens (including phenoxy) is 1. The molecular formula is C11H16O2S. The van der Waals surface area contributed by atoms with E-state index in [4.69, 9.17) is 4.74 Å². The summed E-state index contributed by atoms with van der Waals surface area (Å²) < 4.78 is 5.26. The van der Waals surface area contributed by atoms with E-state index < -0.39 is 0 Å². The molecule has 1 aromatic rings. The van der Waals surface area contributed by atoms with Crippen LogP contribution in [0.15, 0.2) is 17.5 Å². The number of aliphatic hydroxyl groups is 1. The Kier molecular flexibility index (Phi) is 3.56. The van der Waals surface area contributed by atoms with E-state index in [9.17, 15) is 5.11 Å². The van der Waals surface area contributed by atoms with Gasteiger partial charge in [-0.05, 0) is 30.7 Å². The predicted molar refractivity (Wildman–Crippen MR) is 57.6 cm³/mol. The Labute approximate surface area is 88.5 Å². The molecule has 3 heteroatoms. The minimum Gasteiger partial charge on any atom is -0.393 e. The number of rotatable bonds is 4. The third-order valence-corrected chi connectivity index (χ3v) is 3.71. The monoisotopic (exact) mass is 212 g/mol. The van der Waals surface area contributed by atoms with E-state index in [1.165, 1.54) is 4.88 Å². The Hall–Kier alpha value is -0.380. The van der Waals surface area contributed by atoms with E-state index in [-0.39, 0.29) is 6.10 Å². The summed E-state index contributed by atoms with van der Waals surface area (Å²) in [4.78, 5) is 1.36. The topological polar surface area (TPSA) is 29.5 Å². The number of aryl methyl sites for hydroxylation is 1. The zero-order valence-electron chi connectivity index (χ0n) is 8.19. The van der Waals surface area contributed by atoms with Crippen LogP contribution in [0, 0.1) is 5.92 Å². The summed E-state index contributed by atoms with van der Waals surface area (Å²) in [6, 6.07) is 4.19. The third-order valence-electron chi connectivity index (χ3n) is 2.78. The molecule has 2 unspecified atom stereocenters. The zero-order chi connectivity index (χ0) is 9.80. The SMILES string of the molecule is OC(CCc1cccs1)C1CCOC1. The Morgan fingerprint density at radius 1 is 1.64 bits per heavy atom. The van der Waals surface area contributed by atoms with Crippen molar-refractivity contribution in [3.8, 4) is 0 Å². The maximum atomic E-state index is 9.87. The van der Waals surface area contributed by atoms with Crippen LogP contribution < -0.4 is 0 Å². The van der Waals surface area contributed by atoms with E-state index >= 15 is 0 Å². The summed E-state index contributed by atoms with van der Waals surface area (Å²) in [5.74, 6) is 0.370. The van der Waals surface area contributed by atoms with Gasteiger partial charge in [-0.3, -0.25) is 0 Å². The van der Waals surface area contributed by atoms with Crippen LogP contribution in [0.2, 0.25) is 0 Å². The molecular weight excluding hydrogens is 196 g/mol. The van der Waals surface area contributed by atoms with Crippen molar-refractivity contribution < 1.29 is 9.84 Å². The number of hydrogen-bond acceptors (Lipinski definition) is 3. The second-order valence-electron chi connectivity index (χ2n) is 3.81. The zero-order valence-corrected chi connectivity index (χ0v) is 9.00. The van der Waals surface area contributed by atoms with Crippen molar-refractivity contribution in [2.45, 2.75) is 25.4 Å². The first-order valence-electron chi connectivity index (χ1n) is 5.14. The van der Waals surface area contributed by atoms with Crippen molar-refractivity contribution in [3.05, 3.63) is 22.4 Å². The second kappa shape index (κ2) is 4.91. The molecule has 0 aromatic carbocycles. The van der Waals surface area contributed by atoms with Gasteiger partial charge in [-0.1, -0.05) is 6.07 Å². The van der Waals surface area contributed by atoms with Gasteiger partial charge in [0, 0.05) is 17.4 Å². The first-order valence-corrected chi connectivity index (χ1v) is 6.02. The van der Waals surface area contributed by atoms with Crippen LogP contribution in [0.5, 0.6) is 0 Å². The molecule has 2 atom stereocenters. The standard InChI is InChI=1S/C11H16O2S/c12-11(9-5-6-13-8-9)4-3-10-2-1-7-14-10/h1-2,7,9,11-12H,3-6,8H2. The van der Waals surface area contributed by atoms with Crippen LogP contribution >= 0.6 is 11.3 Å². The fourth-order valence-electron chi connectivity index (χ4n) is 1.84. The molecule has 0 aliphatic carbocycles. The molecule has 14 heavy (non-hydrogen) atoms. The van der Waals surface area contributed by atoms with Gasteiger partial charge >= 0.3 is 0 Å². The molecule has 78 valence electrons.